The molecule has 1 aliphatic rings. The molecular weight excluding hydrogens is 428 g/mol. The van der Waals surface area contributed by atoms with E-state index in [1.54, 1.807) is 18.6 Å². The molecule has 4 aromatic rings. The van der Waals surface area contributed by atoms with E-state index < -0.39 is 0 Å². The molecule has 0 atom stereocenters. The lowest BCUT2D eigenvalue weighted by Crippen LogP contribution is -2.37. The summed E-state index contributed by atoms with van der Waals surface area (Å²) in [6.45, 7) is 7.74. The van der Waals surface area contributed by atoms with Crippen molar-refractivity contribution in [2.75, 3.05) is 43.3 Å². The summed E-state index contributed by atoms with van der Waals surface area (Å²) >= 11 is 0. The Bertz CT molecular complexity index is 1310. The number of hydrazone groups is 1. The Balaban J connectivity index is 1.61. The van der Waals surface area contributed by atoms with Crippen LogP contribution in [0.15, 0.2) is 53.9 Å². The standard InChI is InChI=1S/C25H28N8O/c1-4-33-23(19-8-10-26-11-9-19)30-22-24(32-12-14-34-15-13-32)28-21(29-25(22)33)17-27-31(3)20-7-5-6-18(2)16-20/h5-11,16-17H,4,12-15H2,1-3H3/b27-17+. The molecule has 1 aliphatic heterocycles. The predicted molar refractivity (Wildman–Crippen MR) is 134 cm³/mol. The van der Waals surface area contributed by atoms with E-state index in [9.17, 15) is 0 Å². The zero-order valence-corrected chi connectivity index (χ0v) is 19.7. The van der Waals surface area contributed by atoms with Crippen molar-refractivity contribution in [2.45, 2.75) is 20.4 Å². The minimum atomic E-state index is 0.546. The average molecular weight is 457 g/mol. The first-order valence-electron chi connectivity index (χ1n) is 11.5. The topological polar surface area (TPSA) is 84.6 Å². The van der Waals surface area contributed by atoms with E-state index >= 15 is 0 Å². The third-order valence-corrected chi connectivity index (χ3v) is 5.88. The Kier molecular flexibility index (Phi) is 6.18. The molecule has 4 heterocycles. The summed E-state index contributed by atoms with van der Waals surface area (Å²) in [5.74, 6) is 2.22. The molecule has 1 fully saturated rings. The number of hydrogen-bond donors (Lipinski definition) is 0. The van der Waals surface area contributed by atoms with Crippen LogP contribution in [0.2, 0.25) is 0 Å². The molecule has 0 spiro atoms. The molecule has 5 rings (SSSR count). The predicted octanol–water partition coefficient (Wildman–Crippen LogP) is 3.52. The zero-order chi connectivity index (χ0) is 23.5. The number of fused-ring (bicyclic) bond motifs is 1. The van der Waals surface area contributed by atoms with Crippen LogP contribution in [0, 0.1) is 6.92 Å². The second kappa shape index (κ2) is 9.56. The van der Waals surface area contributed by atoms with Crippen LogP contribution >= 0.6 is 0 Å². The Labute approximate surface area is 198 Å². The van der Waals surface area contributed by atoms with Crippen molar-refractivity contribution in [1.29, 1.82) is 0 Å². The van der Waals surface area contributed by atoms with E-state index in [-0.39, 0.29) is 0 Å². The second-order valence-corrected chi connectivity index (χ2v) is 8.20. The van der Waals surface area contributed by atoms with Crippen molar-refractivity contribution in [3.63, 3.8) is 0 Å². The fourth-order valence-corrected chi connectivity index (χ4v) is 4.11. The molecule has 34 heavy (non-hydrogen) atoms. The molecule has 0 saturated carbocycles. The van der Waals surface area contributed by atoms with Crippen molar-refractivity contribution in [1.82, 2.24) is 24.5 Å². The summed E-state index contributed by atoms with van der Waals surface area (Å²) in [7, 11) is 1.92. The fourth-order valence-electron chi connectivity index (χ4n) is 4.11. The number of imidazole rings is 1. The normalized spacial score (nSPS) is 14.3. The minimum absolute atomic E-state index is 0.546. The maximum Gasteiger partial charge on any atom is 0.176 e. The lowest BCUT2D eigenvalue weighted by Gasteiger charge is -2.27. The van der Waals surface area contributed by atoms with Crippen LogP contribution in [-0.2, 0) is 11.3 Å². The lowest BCUT2D eigenvalue weighted by atomic mass is 10.2. The molecule has 0 amide bonds. The smallest absolute Gasteiger partial charge is 0.176 e. The van der Waals surface area contributed by atoms with Crippen molar-refractivity contribution in [3.05, 3.63) is 60.2 Å². The molecule has 0 aliphatic carbocycles. The van der Waals surface area contributed by atoms with E-state index in [0.29, 0.717) is 19.0 Å². The van der Waals surface area contributed by atoms with Crippen LogP contribution < -0.4 is 9.91 Å². The molecule has 0 radical (unpaired) electrons. The molecule has 1 aromatic carbocycles. The van der Waals surface area contributed by atoms with Crippen LogP contribution in [0.5, 0.6) is 0 Å². The number of hydrogen-bond acceptors (Lipinski definition) is 8. The van der Waals surface area contributed by atoms with Crippen molar-refractivity contribution in [3.8, 4) is 11.4 Å². The molecular formula is C25H28N8O. The van der Waals surface area contributed by atoms with Gasteiger partial charge in [-0.25, -0.2) is 15.0 Å². The number of aromatic nitrogens is 5. The highest BCUT2D eigenvalue weighted by atomic mass is 16.5. The number of rotatable bonds is 6. The van der Waals surface area contributed by atoms with Gasteiger partial charge in [-0.05, 0) is 43.7 Å². The van der Waals surface area contributed by atoms with Crippen LogP contribution in [0.3, 0.4) is 0 Å². The van der Waals surface area contributed by atoms with E-state index in [1.807, 2.05) is 36.3 Å². The summed E-state index contributed by atoms with van der Waals surface area (Å²) in [5.41, 5.74) is 4.77. The number of anilines is 2. The molecule has 9 nitrogen and oxygen atoms in total. The molecule has 3 aromatic heterocycles. The maximum absolute atomic E-state index is 5.57. The molecule has 0 unspecified atom stereocenters. The highest BCUT2D eigenvalue weighted by Gasteiger charge is 2.23. The summed E-state index contributed by atoms with van der Waals surface area (Å²) in [4.78, 5) is 21.1. The van der Waals surface area contributed by atoms with Gasteiger partial charge in [0.1, 0.15) is 5.82 Å². The fraction of sp³-hybridized carbons (Fsp3) is 0.320. The van der Waals surface area contributed by atoms with Crippen LogP contribution in [-0.4, -0.2) is 64.1 Å². The lowest BCUT2D eigenvalue weighted by molar-refractivity contribution is 0.122. The number of benzene rings is 1. The SMILES string of the molecule is CCn1c(-c2ccncc2)nc2c(N3CCOCC3)nc(/C=N/N(C)c3cccc(C)c3)nc21. The van der Waals surface area contributed by atoms with Gasteiger partial charge in [0.25, 0.3) is 0 Å². The average Bonchev–Trinajstić information content (AvgIpc) is 3.26. The van der Waals surface area contributed by atoms with Gasteiger partial charge in [0.2, 0.25) is 0 Å². The van der Waals surface area contributed by atoms with Crippen molar-refractivity contribution in [2.24, 2.45) is 5.10 Å². The highest BCUT2D eigenvalue weighted by molar-refractivity contribution is 5.90. The van der Waals surface area contributed by atoms with Gasteiger partial charge in [-0.1, -0.05) is 12.1 Å². The Morgan fingerprint density at radius 3 is 2.62 bits per heavy atom. The van der Waals surface area contributed by atoms with Gasteiger partial charge < -0.3 is 14.2 Å². The summed E-state index contributed by atoms with van der Waals surface area (Å²) < 4.78 is 7.69. The summed E-state index contributed by atoms with van der Waals surface area (Å²) in [5, 5.41) is 6.45. The van der Waals surface area contributed by atoms with Crippen LogP contribution in [0.4, 0.5) is 11.5 Å². The van der Waals surface area contributed by atoms with E-state index in [2.05, 4.69) is 45.5 Å². The number of pyridine rings is 1. The molecule has 0 bridgehead atoms. The van der Waals surface area contributed by atoms with Gasteiger partial charge in [0.05, 0.1) is 25.1 Å². The zero-order valence-electron chi connectivity index (χ0n) is 19.7. The van der Waals surface area contributed by atoms with Gasteiger partial charge in [-0.3, -0.25) is 9.99 Å². The van der Waals surface area contributed by atoms with Crippen LogP contribution in [0.25, 0.3) is 22.6 Å². The van der Waals surface area contributed by atoms with Crippen molar-refractivity contribution < 1.29 is 4.74 Å². The number of aryl methyl sites for hydroxylation is 2. The van der Waals surface area contributed by atoms with E-state index in [1.165, 1.54) is 5.56 Å². The first-order valence-corrected chi connectivity index (χ1v) is 11.5. The molecule has 0 N–H and O–H groups in total. The van der Waals surface area contributed by atoms with E-state index in [4.69, 9.17) is 19.7 Å². The number of morpholine rings is 1. The summed E-state index contributed by atoms with van der Waals surface area (Å²) in [6.07, 6.45) is 5.27. The molecule has 9 heteroatoms. The largest absolute Gasteiger partial charge is 0.378 e. The maximum atomic E-state index is 5.57. The monoisotopic (exact) mass is 456 g/mol. The number of nitrogens with zero attached hydrogens (tertiary/aromatic N) is 8. The Hall–Kier alpha value is -3.85. The van der Waals surface area contributed by atoms with Gasteiger partial charge in [-0.15, -0.1) is 0 Å². The second-order valence-electron chi connectivity index (χ2n) is 8.20. The quantitative estimate of drug-likeness (QED) is 0.324. The van der Waals surface area contributed by atoms with Gasteiger partial charge >= 0.3 is 0 Å². The molecule has 1 saturated heterocycles. The third-order valence-electron chi connectivity index (χ3n) is 5.88. The third kappa shape index (κ3) is 4.34. The van der Waals surface area contributed by atoms with Crippen LogP contribution in [0.1, 0.15) is 18.3 Å². The van der Waals surface area contributed by atoms with Gasteiger partial charge in [-0.2, -0.15) is 5.10 Å². The number of ether oxygens (including phenoxy) is 1. The minimum Gasteiger partial charge on any atom is -0.378 e. The Morgan fingerprint density at radius 1 is 1.09 bits per heavy atom. The molecule has 174 valence electrons. The highest BCUT2D eigenvalue weighted by Crippen LogP contribution is 2.29. The first-order chi connectivity index (χ1) is 16.6. The van der Waals surface area contributed by atoms with E-state index in [0.717, 1.165) is 53.7 Å². The van der Waals surface area contributed by atoms with Gasteiger partial charge in [0.15, 0.2) is 22.8 Å². The Morgan fingerprint density at radius 2 is 1.88 bits per heavy atom. The van der Waals surface area contributed by atoms with Crippen molar-refractivity contribution >= 4 is 28.9 Å². The van der Waals surface area contributed by atoms with Gasteiger partial charge in [0, 0.05) is 44.6 Å². The first kappa shape index (κ1) is 22.0. The summed E-state index contributed by atoms with van der Waals surface area (Å²) in [6, 6.07) is 12.1.